The summed E-state index contributed by atoms with van der Waals surface area (Å²) in [6.45, 7) is 4.35. The van der Waals surface area contributed by atoms with E-state index in [1.807, 2.05) is 74.5 Å². The second-order valence-electron chi connectivity index (χ2n) is 7.33. The van der Waals surface area contributed by atoms with Crippen molar-refractivity contribution in [2.45, 2.75) is 32.7 Å². The summed E-state index contributed by atoms with van der Waals surface area (Å²) in [6, 6.07) is 18.8. The first kappa shape index (κ1) is 18.9. The van der Waals surface area contributed by atoms with Gasteiger partial charge >= 0.3 is 0 Å². The highest BCUT2D eigenvalue weighted by Crippen LogP contribution is 2.38. The Hall–Kier alpha value is -2.88. The predicted molar refractivity (Wildman–Crippen MR) is 105 cm³/mol. The second kappa shape index (κ2) is 8.21. The number of benzene rings is 2. The summed E-state index contributed by atoms with van der Waals surface area (Å²) in [7, 11) is 0. The smallest absolute Gasteiger partial charge is 0.290 e. The molecule has 4 nitrogen and oxygen atoms in total. The molecule has 0 saturated heterocycles. The van der Waals surface area contributed by atoms with E-state index < -0.39 is 17.7 Å². The van der Waals surface area contributed by atoms with E-state index in [0.29, 0.717) is 19.4 Å². The molecule has 2 aromatic carbocycles. The van der Waals surface area contributed by atoms with Crippen LogP contribution in [-0.2, 0) is 16.0 Å². The van der Waals surface area contributed by atoms with Crippen LogP contribution in [0.1, 0.15) is 37.4 Å². The molecule has 1 unspecified atom stereocenters. The average Bonchev–Trinajstić information content (AvgIpc) is 2.92. The van der Waals surface area contributed by atoms with E-state index in [2.05, 4.69) is 0 Å². The van der Waals surface area contributed by atoms with Gasteiger partial charge in [0.2, 0.25) is 0 Å². The zero-order chi connectivity index (χ0) is 19.4. The van der Waals surface area contributed by atoms with Crippen LogP contribution in [0, 0.1) is 5.92 Å². The quantitative estimate of drug-likeness (QED) is 0.800. The molecule has 1 amide bonds. The summed E-state index contributed by atoms with van der Waals surface area (Å²) in [5.41, 5.74) is 2.18. The maximum atomic E-state index is 12.8. The van der Waals surface area contributed by atoms with Crippen molar-refractivity contribution in [3.8, 4) is 0 Å². The number of amides is 1. The molecule has 1 N–H and O–H groups in total. The van der Waals surface area contributed by atoms with Gasteiger partial charge in [-0.3, -0.25) is 9.59 Å². The molecule has 140 valence electrons. The van der Waals surface area contributed by atoms with Crippen LogP contribution in [-0.4, -0.2) is 28.2 Å². The van der Waals surface area contributed by atoms with Crippen LogP contribution in [0.5, 0.6) is 0 Å². The van der Waals surface area contributed by atoms with E-state index in [1.54, 1.807) is 4.90 Å². The van der Waals surface area contributed by atoms with Gasteiger partial charge in [0.15, 0.2) is 11.5 Å². The fraction of sp³-hybridized carbons (Fsp3) is 0.304. The van der Waals surface area contributed by atoms with Gasteiger partial charge in [-0.25, -0.2) is 0 Å². The lowest BCUT2D eigenvalue weighted by Crippen LogP contribution is -2.33. The topological polar surface area (TPSA) is 57.6 Å². The first-order valence-corrected chi connectivity index (χ1v) is 9.35. The normalized spacial score (nSPS) is 17.1. The lowest BCUT2D eigenvalue weighted by molar-refractivity contribution is -0.129. The van der Waals surface area contributed by atoms with Crippen LogP contribution in [0.3, 0.4) is 0 Å². The third-order valence-electron chi connectivity index (χ3n) is 4.80. The molecule has 0 radical (unpaired) electrons. The van der Waals surface area contributed by atoms with Gasteiger partial charge in [-0.15, -0.1) is 0 Å². The molecule has 0 saturated carbocycles. The molecule has 27 heavy (non-hydrogen) atoms. The monoisotopic (exact) mass is 363 g/mol. The van der Waals surface area contributed by atoms with Gasteiger partial charge in [0.05, 0.1) is 11.6 Å². The molecule has 0 aliphatic carbocycles. The summed E-state index contributed by atoms with van der Waals surface area (Å²) in [4.78, 5) is 27.2. The van der Waals surface area contributed by atoms with Gasteiger partial charge in [-0.1, -0.05) is 74.5 Å². The average molecular weight is 363 g/mol. The Labute approximate surface area is 160 Å². The molecular formula is C23H25NO3. The Morgan fingerprint density at radius 3 is 2.22 bits per heavy atom. The van der Waals surface area contributed by atoms with Gasteiger partial charge in [-0.2, -0.15) is 0 Å². The lowest BCUT2D eigenvalue weighted by Gasteiger charge is -2.27. The van der Waals surface area contributed by atoms with Crippen molar-refractivity contribution in [2.24, 2.45) is 5.92 Å². The van der Waals surface area contributed by atoms with E-state index in [1.165, 1.54) is 0 Å². The van der Waals surface area contributed by atoms with Crippen LogP contribution in [0.2, 0.25) is 0 Å². The number of aliphatic hydroxyl groups is 1. The maximum absolute atomic E-state index is 12.8. The minimum atomic E-state index is -0.534. The Kier molecular flexibility index (Phi) is 5.75. The molecule has 3 rings (SSSR count). The minimum absolute atomic E-state index is 0.155. The van der Waals surface area contributed by atoms with Gasteiger partial charge in [0.25, 0.3) is 5.91 Å². The van der Waals surface area contributed by atoms with E-state index in [9.17, 15) is 14.7 Å². The zero-order valence-electron chi connectivity index (χ0n) is 15.8. The van der Waals surface area contributed by atoms with Crippen LogP contribution < -0.4 is 0 Å². The van der Waals surface area contributed by atoms with Crippen LogP contribution >= 0.6 is 0 Å². The molecule has 1 atom stereocenters. The van der Waals surface area contributed by atoms with Crippen molar-refractivity contribution in [1.29, 1.82) is 0 Å². The van der Waals surface area contributed by atoms with Crippen LogP contribution in [0.4, 0.5) is 0 Å². The van der Waals surface area contributed by atoms with E-state index in [0.717, 1.165) is 11.1 Å². The maximum Gasteiger partial charge on any atom is 0.290 e. The van der Waals surface area contributed by atoms with Gasteiger partial charge in [0.1, 0.15) is 0 Å². The Balaban J connectivity index is 1.93. The molecule has 1 heterocycles. The predicted octanol–water partition coefficient (Wildman–Crippen LogP) is 4.24. The van der Waals surface area contributed by atoms with Gasteiger partial charge in [-0.05, 0) is 23.5 Å². The number of rotatable bonds is 7. The van der Waals surface area contributed by atoms with Crippen molar-refractivity contribution < 1.29 is 14.7 Å². The summed E-state index contributed by atoms with van der Waals surface area (Å²) in [5, 5.41) is 10.5. The minimum Gasteiger partial charge on any atom is -0.503 e. The van der Waals surface area contributed by atoms with Crippen LogP contribution in [0.15, 0.2) is 72.0 Å². The number of ketones is 1. The summed E-state index contributed by atoms with van der Waals surface area (Å²) < 4.78 is 0. The largest absolute Gasteiger partial charge is 0.503 e. The standard InChI is InChI=1S/C23H25NO3/c1-16(2)15-19(25)20-21(18-11-7-4-8-12-18)24(23(27)22(20)26)14-13-17-9-5-3-6-10-17/h3-12,16,21,26H,13-15H2,1-2H3. The molecule has 0 spiro atoms. The number of Topliss-reactive ketones (excluding diaryl/α,β-unsaturated/α-hetero) is 1. The first-order valence-electron chi connectivity index (χ1n) is 9.35. The third-order valence-corrected chi connectivity index (χ3v) is 4.80. The molecule has 0 aromatic heterocycles. The summed E-state index contributed by atoms with van der Waals surface area (Å²) in [6.07, 6.45) is 0.970. The van der Waals surface area contributed by atoms with Crippen LogP contribution in [0.25, 0.3) is 0 Å². The highest BCUT2D eigenvalue weighted by Gasteiger charge is 2.42. The van der Waals surface area contributed by atoms with E-state index in [4.69, 9.17) is 0 Å². The molecule has 1 aliphatic heterocycles. The highest BCUT2D eigenvalue weighted by atomic mass is 16.3. The van der Waals surface area contributed by atoms with Gasteiger partial charge < -0.3 is 10.0 Å². The number of nitrogens with zero attached hydrogens (tertiary/aromatic N) is 1. The SMILES string of the molecule is CC(C)CC(=O)C1=C(O)C(=O)N(CCc2ccccc2)C1c1ccccc1. The number of carbonyl (C=O) groups is 2. The molecule has 1 aliphatic rings. The number of aliphatic hydroxyl groups excluding tert-OH is 1. The Morgan fingerprint density at radius 1 is 1.04 bits per heavy atom. The third kappa shape index (κ3) is 4.11. The fourth-order valence-electron chi connectivity index (χ4n) is 3.53. The van der Waals surface area contributed by atoms with E-state index in [-0.39, 0.29) is 17.3 Å². The van der Waals surface area contributed by atoms with Crippen molar-refractivity contribution in [3.05, 3.63) is 83.1 Å². The molecule has 4 heteroatoms. The summed E-state index contributed by atoms with van der Waals surface area (Å²) in [5.74, 6) is -0.871. The molecule has 0 fully saturated rings. The molecule has 2 aromatic rings. The number of hydrogen-bond acceptors (Lipinski definition) is 3. The van der Waals surface area contributed by atoms with Crippen molar-refractivity contribution in [1.82, 2.24) is 4.90 Å². The van der Waals surface area contributed by atoms with E-state index >= 15 is 0 Å². The lowest BCUT2D eigenvalue weighted by atomic mass is 9.92. The number of hydrogen-bond donors (Lipinski definition) is 1. The zero-order valence-corrected chi connectivity index (χ0v) is 15.8. The molecule has 0 bridgehead atoms. The van der Waals surface area contributed by atoms with Crippen molar-refractivity contribution in [3.63, 3.8) is 0 Å². The number of carbonyl (C=O) groups excluding carboxylic acids is 2. The molecular weight excluding hydrogens is 338 g/mol. The second-order valence-corrected chi connectivity index (χ2v) is 7.33. The highest BCUT2D eigenvalue weighted by molar-refractivity contribution is 6.09. The fourth-order valence-corrected chi connectivity index (χ4v) is 3.53. The van der Waals surface area contributed by atoms with Gasteiger partial charge in [0, 0.05) is 13.0 Å². The van der Waals surface area contributed by atoms with Crippen molar-refractivity contribution >= 4 is 11.7 Å². The Bertz CT molecular complexity index is 840. The van der Waals surface area contributed by atoms with Crippen molar-refractivity contribution in [2.75, 3.05) is 6.54 Å². The summed E-state index contributed by atoms with van der Waals surface area (Å²) >= 11 is 0. The Morgan fingerprint density at radius 2 is 1.63 bits per heavy atom. The first-order chi connectivity index (χ1) is 13.0.